The molecule has 0 aromatic rings. The van der Waals surface area contributed by atoms with Crippen molar-refractivity contribution in [2.24, 2.45) is 5.92 Å². The Balaban J connectivity index is 2.57. The van der Waals surface area contributed by atoms with Gasteiger partial charge in [-0.3, -0.25) is 4.79 Å². The number of urea groups is 1. The molecule has 0 heterocycles. The number of aliphatic carboxylic acids is 1. The summed E-state index contributed by atoms with van der Waals surface area (Å²) in [6.07, 6.45) is 4.28. The number of rotatable bonds is 5. The fourth-order valence-corrected chi connectivity index (χ4v) is 2.52. The number of nitrogens with zero attached hydrogens (tertiary/aromatic N) is 1. The largest absolute Gasteiger partial charge is 0.481 e. The van der Waals surface area contributed by atoms with Crippen LogP contribution in [0.25, 0.3) is 0 Å². The lowest BCUT2D eigenvalue weighted by atomic mass is 9.84. The first-order chi connectivity index (χ1) is 8.60. The Morgan fingerprint density at radius 3 is 2.50 bits per heavy atom. The SMILES string of the molecule is CCCN(CC)C(=O)NC1CCCCC1C(=O)O. The standard InChI is InChI=1S/C13H24N2O3/c1-3-9-15(4-2)13(18)14-11-8-6-5-7-10(11)12(16)17/h10-11H,3-9H2,1-2H3,(H,14,18)(H,16,17). The van der Waals surface area contributed by atoms with Gasteiger partial charge in [0.2, 0.25) is 0 Å². The lowest BCUT2D eigenvalue weighted by molar-refractivity contribution is -0.143. The summed E-state index contributed by atoms with van der Waals surface area (Å²) in [6.45, 7) is 5.33. The van der Waals surface area contributed by atoms with E-state index in [9.17, 15) is 9.59 Å². The molecule has 0 bridgehead atoms. The molecule has 5 nitrogen and oxygen atoms in total. The molecular weight excluding hydrogens is 232 g/mol. The van der Waals surface area contributed by atoms with Gasteiger partial charge in [0.1, 0.15) is 0 Å². The lowest BCUT2D eigenvalue weighted by Gasteiger charge is -2.31. The summed E-state index contributed by atoms with van der Waals surface area (Å²) in [4.78, 5) is 24.9. The number of amides is 2. The molecule has 2 atom stereocenters. The molecule has 2 unspecified atom stereocenters. The van der Waals surface area contributed by atoms with E-state index in [0.29, 0.717) is 19.5 Å². The number of carbonyl (C=O) groups is 2. The van der Waals surface area contributed by atoms with E-state index in [4.69, 9.17) is 5.11 Å². The van der Waals surface area contributed by atoms with Crippen molar-refractivity contribution in [1.29, 1.82) is 0 Å². The average Bonchev–Trinajstić information content (AvgIpc) is 2.36. The monoisotopic (exact) mass is 256 g/mol. The van der Waals surface area contributed by atoms with E-state index >= 15 is 0 Å². The number of nitrogens with one attached hydrogen (secondary N) is 1. The molecule has 0 aromatic carbocycles. The summed E-state index contributed by atoms with van der Waals surface area (Å²) in [5, 5.41) is 12.0. The van der Waals surface area contributed by atoms with Gasteiger partial charge < -0.3 is 15.3 Å². The van der Waals surface area contributed by atoms with Crippen molar-refractivity contribution in [3.8, 4) is 0 Å². The fourth-order valence-electron chi connectivity index (χ4n) is 2.52. The zero-order valence-electron chi connectivity index (χ0n) is 11.3. The molecule has 0 radical (unpaired) electrons. The Morgan fingerprint density at radius 1 is 1.28 bits per heavy atom. The van der Waals surface area contributed by atoms with E-state index in [0.717, 1.165) is 25.7 Å². The Hall–Kier alpha value is -1.26. The smallest absolute Gasteiger partial charge is 0.317 e. The van der Waals surface area contributed by atoms with E-state index in [2.05, 4.69) is 5.32 Å². The number of hydrogen-bond donors (Lipinski definition) is 2. The highest BCUT2D eigenvalue weighted by atomic mass is 16.4. The molecule has 104 valence electrons. The van der Waals surface area contributed by atoms with Crippen LogP contribution in [-0.2, 0) is 4.79 Å². The van der Waals surface area contributed by atoms with Gasteiger partial charge in [0.25, 0.3) is 0 Å². The molecule has 1 saturated carbocycles. The number of carbonyl (C=O) groups excluding carboxylic acids is 1. The topological polar surface area (TPSA) is 69.6 Å². The maximum absolute atomic E-state index is 12.0. The summed E-state index contributed by atoms with van der Waals surface area (Å²) in [6, 6.07) is -0.341. The predicted molar refractivity (Wildman–Crippen MR) is 69.5 cm³/mol. The van der Waals surface area contributed by atoms with E-state index in [-0.39, 0.29) is 12.1 Å². The van der Waals surface area contributed by atoms with E-state index < -0.39 is 11.9 Å². The van der Waals surface area contributed by atoms with Gasteiger partial charge in [0.05, 0.1) is 5.92 Å². The van der Waals surface area contributed by atoms with Crippen LogP contribution in [0.15, 0.2) is 0 Å². The number of carboxylic acid groups (broad SMARTS) is 1. The van der Waals surface area contributed by atoms with Crippen LogP contribution >= 0.6 is 0 Å². The van der Waals surface area contributed by atoms with Crippen LogP contribution in [0.5, 0.6) is 0 Å². The highest BCUT2D eigenvalue weighted by molar-refractivity contribution is 5.77. The molecule has 0 aromatic heterocycles. The van der Waals surface area contributed by atoms with Crippen molar-refractivity contribution in [2.75, 3.05) is 13.1 Å². The van der Waals surface area contributed by atoms with Gasteiger partial charge >= 0.3 is 12.0 Å². The van der Waals surface area contributed by atoms with Gasteiger partial charge in [-0.2, -0.15) is 0 Å². The number of carboxylic acids is 1. The van der Waals surface area contributed by atoms with E-state index in [1.54, 1.807) is 4.90 Å². The summed E-state index contributed by atoms with van der Waals surface area (Å²) < 4.78 is 0. The third kappa shape index (κ3) is 3.89. The molecule has 2 amide bonds. The number of hydrogen-bond acceptors (Lipinski definition) is 2. The Morgan fingerprint density at radius 2 is 1.94 bits per heavy atom. The summed E-state index contributed by atoms with van der Waals surface area (Å²) in [5.74, 6) is -1.22. The van der Waals surface area contributed by atoms with E-state index in [1.165, 1.54) is 0 Å². The third-order valence-electron chi connectivity index (χ3n) is 3.55. The van der Waals surface area contributed by atoms with Gasteiger partial charge in [-0.1, -0.05) is 19.8 Å². The van der Waals surface area contributed by atoms with Gasteiger partial charge in [-0.05, 0) is 26.2 Å². The second kappa shape index (κ2) is 7.24. The molecule has 1 rings (SSSR count). The minimum atomic E-state index is -0.793. The molecule has 1 aliphatic carbocycles. The van der Waals surface area contributed by atoms with Crippen molar-refractivity contribution >= 4 is 12.0 Å². The van der Waals surface area contributed by atoms with Crippen molar-refractivity contribution < 1.29 is 14.7 Å². The fraction of sp³-hybridized carbons (Fsp3) is 0.846. The molecule has 1 fully saturated rings. The van der Waals surface area contributed by atoms with E-state index in [1.807, 2.05) is 13.8 Å². The molecule has 1 aliphatic rings. The summed E-state index contributed by atoms with van der Waals surface area (Å²) in [7, 11) is 0. The quantitative estimate of drug-likeness (QED) is 0.791. The molecular formula is C13H24N2O3. The maximum atomic E-state index is 12.0. The summed E-state index contributed by atoms with van der Waals surface area (Å²) in [5.41, 5.74) is 0. The molecule has 0 spiro atoms. The lowest BCUT2D eigenvalue weighted by Crippen LogP contribution is -2.50. The van der Waals surface area contributed by atoms with Crippen LogP contribution in [-0.4, -0.2) is 41.1 Å². The molecule has 0 saturated heterocycles. The highest BCUT2D eigenvalue weighted by Gasteiger charge is 2.32. The van der Waals surface area contributed by atoms with Crippen molar-refractivity contribution in [1.82, 2.24) is 10.2 Å². The third-order valence-corrected chi connectivity index (χ3v) is 3.55. The Bertz CT molecular complexity index is 294. The minimum Gasteiger partial charge on any atom is -0.481 e. The van der Waals surface area contributed by atoms with Crippen LogP contribution in [0, 0.1) is 5.92 Å². The van der Waals surface area contributed by atoms with Gasteiger partial charge in [0, 0.05) is 19.1 Å². The van der Waals surface area contributed by atoms with Crippen molar-refractivity contribution in [2.45, 2.75) is 52.0 Å². The van der Waals surface area contributed by atoms with Crippen LogP contribution in [0.1, 0.15) is 46.0 Å². The zero-order valence-corrected chi connectivity index (χ0v) is 11.3. The normalized spacial score (nSPS) is 23.4. The van der Waals surface area contributed by atoms with Crippen molar-refractivity contribution in [3.63, 3.8) is 0 Å². The zero-order chi connectivity index (χ0) is 13.5. The minimum absolute atomic E-state index is 0.127. The molecule has 0 aliphatic heterocycles. The molecule has 2 N–H and O–H groups in total. The highest BCUT2D eigenvalue weighted by Crippen LogP contribution is 2.24. The second-order valence-electron chi connectivity index (χ2n) is 4.86. The first-order valence-corrected chi connectivity index (χ1v) is 6.88. The van der Waals surface area contributed by atoms with Gasteiger partial charge in [-0.25, -0.2) is 4.79 Å². The van der Waals surface area contributed by atoms with Gasteiger partial charge in [-0.15, -0.1) is 0 Å². The average molecular weight is 256 g/mol. The second-order valence-corrected chi connectivity index (χ2v) is 4.86. The van der Waals surface area contributed by atoms with Crippen molar-refractivity contribution in [3.05, 3.63) is 0 Å². The Kier molecular flexibility index (Phi) is 5.95. The first-order valence-electron chi connectivity index (χ1n) is 6.88. The van der Waals surface area contributed by atoms with Gasteiger partial charge in [0.15, 0.2) is 0 Å². The predicted octanol–water partition coefficient (Wildman–Crippen LogP) is 2.07. The first kappa shape index (κ1) is 14.8. The summed E-state index contributed by atoms with van der Waals surface area (Å²) >= 11 is 0. The van der Waals surface area contributed by atoms with Crippen LogP contribution in [0.2, 0.25) is 0 Å². The van der Waals surface area contributed by atoms with Crippen LogP contribution < -0.4 is 5.32 Å². The molecule has 5 heteroatoms. The van der Waals surface area contributed by atoms with Crippen LogP contribution in [0.4, 0.5) is 4.79 Å². The Labute approximate surface area is 109 Å². The maximum Gasteiger partial charge on any atom is 0.317 e. The molecule has 18 heavy (non-hydrogen) atoms. The van der Waals surface area contributed by atoms with Crippen LogP contribution in [0.3, 0.4) is 0 Å².